The number of benzene rings is 2. The maximum atomic E-state index is 13.1. The standard InChI is InChI=1S/C21H27FN2O5S/c1-23(15-16-7-12-19(28-2)20(14-16)29-3)21(25)6-5-13-24(30(4,26)27)18-10-8-17(22)9-11-18/h7-12,14H,5-6,13,15H2,1-4H3. The minimum Gasteiger partial charge on any atom is -0.493 e. The van der Waals surface area contributed by atoms with Crippen molar-refractivity contribution in [3.05, 3.63) is 53.8 Å². The quantitative estimate of drug-likeness (QED) is 0.570. The number of sulfonamides is 1. The molecular formula is C21H27FN2O5S. The summed E-state index contributed by atoms with van der Waals surface area (Å²) < 4.78 is 49.0. The van der Waals surface area contributed by atoms with Crippen molar-refractivity contribution in [2.24, 2.45) is 0 Å². The molecule has 0 heterocycles. The average molecular weight is 439 g/mol. The van der Waals surface area contributed by atoms with Crippen molar-refractivity contribution in [1.29, 1.82) is 0 Å². The van der Waals surface area contributed by atoms with Gasteiger partial charge in [-0.1, -0.05) is 6.07 Å². The molecule has 1 amide bonds. The smallest absolute Gasteiger partial charge is 0.232 e. The van der Waals surface area contributed by atoms with Crippen molar-refractivity contribution < 1.29 is 27.1 Å². The lowest BCUT2D eigenvalue weighted by atomic mass is 10.1. The molecule has 0 atom stereocenters. The van der Waals surface area contributed by atoms with Gasteiger partial charge in [0, 0.05) is 26.6 Å². The number of anilines is 1. The van der Waals surface area contributed by atoms with Gasteiger partial charge < -0.3 is 14.4 Å². The van der Waals surface area contributed by atoms with E-state index >= 15 is 0 Å². The van der Waals surface area contributed by atoms with E-state index in [0.29, 0.717) is 30.2 Å². The van der Waals surface area contributed by atoms with Crippen molar-refractivity contribution >= 4 is 21.6 Å². The van der Waals surface area contributed by atoms with Crippen molar-refractivity contribution in [3.63, 3.8) is 0 Å². The molecule has 2 rings (SSSR count). The molecule has 2 aromatic rings. The minimum atomic E-state index is -3.55. The van der Waals surface area contributed by atoms with Crippen LogP contribution in [0.25, 0.3) is 0 Å². The molecule has 9 heteroatoms. The Morgan fingerprint density at radius 1 is 1.03 bits per heavy atom. The molecule has 0 spiro atoms. The van der Waals surface area contributed by atoms with Crippen LogP contribution in [0.2, 0.25) is 0 Å². The third kappa shape index (κ3) is 6.35. The number of hydrogen-bond donors (Lipinski definition) is 0. The Hall–Kier alpha value is -2.81. The second kappa shape index (κ2) is 10.3. The second-order valence-corrected chi connectivity index (χ2v) is 8.76. The summed E-state index contributed by atoms with van der Waals surface area (Å²) in [6.45, 7) is 0.507. The lowest BCUT2D eigenvalue weighted by molar-refractivity contribution is -0.130. The van der Waals surface area contributed by atoms with Gasteiger partial charge in [-0.2, -0.15) is 0 Å². The maximum Gasteiger partial charge on any atom is 0.232 e. The number of methoxy groups -OCH3 is 2. The predicted octanol–water partition coefficient (Wildman–Crippen LogP) is 3.05. The number of ether oxygens (including phenoxy) is 2. The van der Waals surface area contributed by atoms with E-state index in [4.69, 9.17) is 9.47 Å². The van der Waals surface area contributed by atoms with Crippen LogP contribution in [-0.2, 0) is 21.4 Å². The Labute approximate surface area is 177 Å². The zero-order chi connectivity index (χ0) is 22.3. The Kier molecular flexibility index (Phi) is 8.05. The van der Waals surface area contributed by atoms with E-state index in [2.05, 4.69) is 0 Å². The summed E-state index contributed by atoms with van der Waals surface area (Å²) in [5, 5.41) is 0. The van der Waals surface area contributed by atoms with E-state index < -0.39 is 15.8 Å². The van der Waals surface area contributed by atoms with E-state index in [0.717, 1.165) is 11.8 Å². The average Bonchev–Trinajstić information content (AvgIpc) is 2.70. The largest absolute Gasteiger partial charge is 0.493 e. The van der Waals surface area contributed by atoms with Crippen LogP contribution >= 0.6 is 0 Å². The highest BCUT2D eigenvalue weighted by atomic mass is 32.2. The zero-order valence-electron chi connectivity index (χ0n) is 17.6. The van der Waals surface area contributed by atoms with Crippen LogP contribution < -0.4 is 13.8 Å². The monoisotopic (exact) mass is 438 g/mol. The lowest BCUT2D eigenvalue weighted by Crippen LogP contribution is -2.32. The fraction of sp³-hybridized carbons (Fsp3) is 0.381. The van der Waals surface area contributed by atoms with E-state index in [1.54, 1.807) is 32.2 Å². The summed E-state index contributed by atoms with van der Waals surface area (Å²) in [6, 6.07) is 10.7. The van der Waals surface area contributed by atoms with Crippen molar-refractivity contribution in [3.8, 4) is 11.5 Å². The van der Waals surface area contributed by atoms with Gasteiger partial charge in [-0.15, -0.1) is 0 Å². The summed E-state index contributed by atoms with van der Waals surface area (Å²) in [5.41, 5.74) is 1.25. The molecule has 0 saturated heterocycles. The third-order valence-corrected chi connectivity index (χ3v) is 5.75. The number of hydrogen-bond acceptors (Lipinski definition) is 5. The molecule has 0 aliphatic carbocycles. The van der Waals surface area contributed by atoms with E-state index in [1.807, 2.05) is 12.1 Å². The van der Waals surface area contributed by atoms with Gasteiger partial charge in [0.25, 0.3) is 0 Å². The fourth-order valence-electron chi connectivity index (χ4n) is 3.00. The molecule has 0 fully saturated rings. The highest BCUT2D eigenvalue weighted by molar-refractivity contribution is 7.92. The number of halogens is 1. The molecule has 0 saturated carbocycles. The third-order valence-electron chi connectivity index (χ3n) is 4.56. The molecule has 30 heavy (non-hydrogen) atoms. The molecule has 0 bridgehead atoms. The first-order valence-corrected chi connectivity index (χ1v) is 11.2. The normalized spacial score (nSPS) is 11.1. The van der Waals surface area contributed by atoms with Crippen molar-refractivity contribution in [2.45, 2.75) is 19.4 Å². The van der Waals surface area contributed by atoms with Crippen LogP contribution in [0.15, 0.2) is 42.5 Å². The van der Waals surface area contributed by atoms with Crippen molar-refractivity contribution in [1.82, 2.24) is 4.90 Å². The number of carbonyl (C=O) groups excluding carboxylic acids is 1. The topological polar surface area (TPSA) is 76.2 Å². The molecule has 7 nitrogen and oxygen atoms in total. The fourth-order valence-corrected chi connectivity index (χ4v) is 3.96. The van der Waals surface area contributed by atoms with Crippen LogP contribution in [0.1, 0.15) is 18.4 Å². The van der Waals surface area contributed by atoms with Crippen LogP contribution in [0, 0.1) is 5.82 Å². The minimum absolute atomic E-state index is 0.114. The summed E-state index contributed by atoms with van der Waals surface area (Å²) in [6.07, 6.45) is 1.60. The molecule has 0 radical (unpaired) electrons. The Morgan fingerprint density at radius 2 is 1.67 bits per heavy atom. The molecule has 0 unspecified atom stereocenters. The maximum absolute atomic E-state index is 13.1. The molecule has 164 valence electrons. The zero-order valence-corrected chi connectivity index (χ0v) is 18.4. The summed E-state index contributed by atoms with van der Waals surface area (Å²) >= 11 is 0. The van der Waals surface area contributed by atoms with Gasteiger partial charge in [0.1, 0.15) is 5.82 Å². The molecule has 0 aliphatic heterocycles. The number of amides is 1. The van der Waals surface area contributed by atoms with Crippen LogP contribution in [0.3, 0.4) is 0 Å². The predicted molar refractivity (Wildman–Crippen MR) is 114 cm³/mol. The molecule has 0 aromatic heterocycles. The summed E-state index contributed by atoms with van der Waals surface area (Å²) in [5.74, 6) is 0.632. The molecular weight excluding hydrogens is 411 g/mol. The first-order valence-electron chi connectivity index (χ1n) is 9.34. The van der Waals surface area contributed by atoms with Gasteiger partial charge in [0.2, 0.25) is 15.9 Å². The number of carbonyl (C=O) groups is 1. The van der Waals surface area contributed by atoms with Gasteiger partial charge in [0.05, 0.1) is 26.2 Å². The van der Waals surface area contributed by atoms with Crippen LogP contribution in [-0.4, -0.2) is 53.3 Å². The highest BCUT2D eigenvalue weighted by Crippen LogP contribution is 2.28. The number of rotatable bonds is 10. The van der Waals surface area contributed by atoms with Gasteiger partial charge in [0.15, 0.2) is 11.5 Å². The second-order valence-electron chi connectivity index (χ2n) is 6.85. The van der Waals surface area contributed by atoms with Crippen LogP contribution in [0.5, 0.6) is 11.5 Å². The summed E-state index contributed by atoms with van der Waals surface area (Å²) in [4.78, 5) is 14.1. The Balaban J connectivity index is 1.96. The first-order chi connectivity index (χ1) is 14.2. The van der Waals surface area contributed by atoms with Gasteiger partial charge >= 0.3 is 0 Å². The van der Waals surface area contributed by atoms with Crippen LogP contribution in [0.4, 0.5) is 10.1 Å². The molecule has 2 aromatic carbocycles. The highest BCUT2D eigenvalue weighted by Gasteiger charge is 2.18. The van der Waals surface area contributed by atoms with Gasteiger partial charge in [-0.05, 0) is 48.4 Å². The Morgan fingerprint density at radius 3 is 2.23 bits per heavy atom. The van der Waals surface area contributed by atoms with E-state index in [9.17, 15) is 17.6 Å². The molecule has 0 aliphatic rings. The molecule has 0 N–H and O–H groups in total. The first kappa shape index (κ1) is 23.5. The summed E-state index contributed by atoms with van der Waals surface area (Å²) in [7, 11) is 1.24. The Bertz CT molecular complexity index is 964. The van der Waals surface area contributed by atoms with E-state index in [-0.39, 0.29) is 18.9 Å². The SMILES string of the molecule is COc1ccc(CN(C)C(=O)CCCN(c2ccc(F)cc2)S(C)(=O)=O)cc1OC. The lowest BCUT2D eigenvalue weighted by Gasteiger charge is -2.23. The van der Waals surface area contributed by atoms with Gasteiger partial charge in [-0.3, -0.25) is 9.10 Å². The van der Waals surface area contributed by atoms with Crippen molar-refractivity contribution in [2.75, 3.05) is 38.4 Å². The van der Waals surface area contributed by atoms with E-state index in [1.165, 1.54) is 28.6 Å². The number of nitrogens with zero attached hydrogens (tertiary/aromatic N) is 2. The van der Waals surface area contributed by atoms with Gasteiger partial charge in [-0.25, -0.2) is 12.8 Å².